The number of hydrogen-bond donors (Lipinski definition) is 0. The molecule has 0 fully saturated rings. The first-order chi connectivity index (χ1) is 9.06. The third-order valence-electron chi connectivity index (χ3n) is 3.05. The summed E-state index contributed by atoms with van der Waals surface area (Å²) < 4.78 is 1.67. The van der Waals surface area contributed by atoms with Gasteiger partial charge in [0.15, 0.2) is 5.65 Å². The molecule has 0 aliphatic carbocycles. The molecule has 0 saturated carbocycles. The standard InChI is InChI=1S/C14H13ClN4/c1-8-4-5-11(7-16-8)13-10(3)18-19-12(15)6-9(2)17-14(13)19/h4-7H,1-3H3. The molecular formula is C14H13ClN4. The summed E-state index contributed by atoms with van der Waals surface area (Å²) in [6.45, 7) is 5.84. The van der Waals surface area contributed by atoms with E-state index in [0.29, 0.717) is 5.15 Å². The van der Waals surface area contributed by atoms with Gasteiger partial charge in [0.1, 0.15) is 5.15 Å². The minimum Gasteiger partial charge on any atom is -0.261 e. The minimum atomic E-state index is 0.567. The first-order valence-corrected chi connectivity index (χ1v) is 6.39. The first-order valence-electron chi connectivity index (χ1n) is 6.02. The Labute approximate surface area is 116 Å². The van der Waals surface area contributed by atoms with Crippen molar-refractivity contribution in [2.24, 2.45) is 0 Å². The summed E-state index contributed by atoms with van der Waals surface area (Å²) in [7, 11) is 0. The van der Waals surface area contributed by atoms with Crippen molar-refractivity contribution in [2.75, 3.05) is 0 Å². The van der Waals surface area contributed by atoms with Crippen LogP contribution >= 0.6 is 11.6 Å². The van der Waals surface area contributed by atoms with Crippen molar-refractivity contribution in [3.8, 4) is 11.1 Å². The van der Waals surface area contributed by atoms with E-state index in [1.54, 1.807) is 10.6 Å². The van der Waals surface area contributed by atoms with Gasteiger partial charge in [-0.1, -0.05) is 17.7 Å². The van der Waals surface area contributed by atoms with Gasteiger partial charge >= 0.3 is 0 Å². The largest absolute Gasteiger partial charge is 0.261 e. The normalized spacial score (nSPS) is 11.2. The van der Waals surface area contributed by atoms with Crippen LogP contribution in [0, 0.1) is 20.8 Å². The lowest BCUT2D eigenvalue weighted by Gasteiger charge is -2.02. The maximum absolute atomic E-state index is 6.21. The smallest absolute Gasteiger partial charge is 0.165 e. The van der Waals surface area contributed by atoms with Crippen LogP contribution in [0.1, 0.15) is 17.1 Å². The molecule has 0 N–H and O–H groups in total. The molecule has 0 unspecified atom stereocenters. The molecule has 0 aromatic carbocycles. The second-order valence-electron chi connectivity index (χ2n) is 4.60. The van der Waals surface area contributed by atoms with Crippen LogP contribution in [-0.4, -0.2) is 19.6 Å². The van der Waals surface area contributed by atoms with Crippen LogP contribution in [0.3, 0.4) is 0 Å². The zero-order chi connectivity index (χ0) is 13.6. The van der Waals surface area contributed by atoms with E-state index in [9.17, 15) is 0 Å². The molecule has 0 atom stereocenters. The monoisotopic (exact) mass is 272 g/mol. The quantitative estimate of drug-likeness (QED) is 0.638. The molecule has 0 spiro atoms. The number of nitrogens with zero attached hydrogens (tertiary/aromatic N) is 4. The van der Waals surface area contributed by atoms with Crippen molar-refractivity contribution in [2.45, 2.75) is 20.8 Å². The molecule has 3 aromatic rings. The lowest BCUT2D eigenvalue weighted by atomic mass is 10.1. The van der Waals surface area contributed by atoms with E-state index in [0.717, 1.165) is 33.9 Å². The van der Waals surface area contributed by atoms with E-state index < -0.39 is 0 Å². The van der Waals surface area contributed by atoms with Crippen molar-refractivity contribution < 1.29 is 0 Å². The predicted octanol–water partition coefficient (Wildman–Crippen LogP) is 3.37. The lowest BCUT2D eigenvalue weighted by Crippen LogP contribution is -1.94. The predicted molar refractivity (Wildman–Crippen MR) is 75.4 cm³/mol. The molecule has 3 rings (SSSR count). The molecule has 0 amide bonds. The van der Waals surface area contributed by atoms with E-state index in [1.165, 1.54) is 0 Å². The second-order valence-corrected chi connectivity index (χ2v) is 4.99. The average Bonchev–Trinajstić information content (AvgIpc) is 2.67. The van der Waals surface area contributed by atoms with Gasteiger partial charge in [0.25, 0.3) is 0 Å². The SMILES string of the molecule is Cc1ccc(-c2c(C)nn3c(Cl)cc(C)nc23)cn1. The molecular weight excluding hydrogens is 260 g/mol. The first kappa shape index (κ1) is 12.1. The second kappa shape index (κ2) is 4.31. The van der Waals surface area contributed by atoms with Gasteiger partial charge < -0.3 is 0 Å². The third-order valence-corrected chi connectivity index (χ3v) is 3.32. The van der Waals surface area contributed by atoms with Crippen LogP contribution in [-0.2, 0) is 0 Å². The summed E-state index contributed by atoms with van der Waals surface area (Å²) in [6.07, 6.45) is 1.84. The molecule has 5 heteroatoms. The average molecular weight is 273 g/mol. The summed E-state index contributed by atoms with van der Waals surface area (Å²) in [4.78, 5) is 8.87. The van der Waals surface area contributed by atoms with Crippen LogP contribution in [0.2, 0.25) is 5.15 Å². The molecule has 0 saturated heterocycles. The highest BCUT2D eigenvalue weighted by Gasteiger charge is 2.15. The highest BCUT2D eigenvalue weighted by Crippen LogP contribution is 2.28. The number of rotatable bonds is 1. The van der Waals surface area contributed by atoms with Crippen molar-refractivity contribution in [3.63, 3.8) is 0 Å². The Morgan fingerprint density at radius 2 is 1.89 bits per heavy atom. The van der Waals surface area contributed by atoms with Crippen LogP contribution in [0.15, 0.2) is 24.4 Å². The fourth-order valence-corrected chi connectivity index (χ4v) is 2.43. The van der Waals surface area contributed by atoms with Gasteiger partial charge in [-0.25, -0.2) is 9.50 Å². The van der Waals surface area contributed by atoms with Gasteiger partial charge in [-0.05, 0) is 32.9 Å². The fraction of sp³-hybridized carbons (Fsp3) is 0.214. The van der Waals surface area contributed by atoms with E-state index in [4.69, 9.17) is 11.6 Å². The Kier molecular flexibility index (Phi) is 2.75. The number of fused-ring (bicyclic) bond motifs is 1. The maximum Gasteiger partial charge on any atom is 0.165 e. The van der Waals surface area contributed by atoms with Crippen LogP contribution < -0.4 is 0 Å². The topological polar surface area (TPSA) is 43.1 Å². The molecule has 3 heterocycles. The molecule has 19 heavy (non-hydrogen) atoms. The minimum absolute atomic E-state index is 0.567. The van der Waals surface area contributed by atoms with E-state index >= 15 is 0 Å². The van der Waals surface area contributed by atoms with Gasteiger partial charge in [0.05, 0.1) is 11.3 Å². The van der Waals surface area contributed by atoms with E-state index in [2.05, 4.69) is 15.1 Å². The molecule has 0 aliphatic heterocycles. The highest BCUT2D eigenvalue weighted by atomic mass is 35.5. The molecule has 0 radical (unpaired) electrons. The molecule has 0 bridgehead atoms. The molecule has 3 aromatic heterocycles. The fourth-order valence-electron chi connectivity index (χ4n) is 2.15. The zero-order valence-corrected chi connectivity index (χ0v) is 11.7. The summed E-state index contributed by atoms with van der Waals surface area (Å²) in [5.74, 6) is 0. The van der Waals surface area contributed by atoms with Gasteiger partial charge in [-0.2, -0.15) is 5.10 Å². The molecule has 0 aliphatic rings. The van der Waals surface area contributed by atoms with E-state index in [1.807, 2.05) is 39.1 Å². The van der Waals surface area contributed by atoms with Crippen molar-refractivity contribution in [1.29, 1.82) is 0 Å². The summed E-state index contributed by atoms with van der Waals surface area (Å²) in [6, 6.07) is 5.82. The van der Waals surface area contributed by atoms with Gasteiger partial charge in [0, 0.05) is 23.1 Å². The Morgan fingerprint density at radius 1 is 1.11 bits per heavy atom. The summed E-state index contributed by atoms with van der Waals surface area (Å²) >= 11 is 6.21. The Balaban J connectivity index is 2.34. The van der Waals surface area contributed by atoms with Gasteiger partial charge in [-0.3, -0.25) is 4.98 Å². The molecule has 4 nitrogen and oxygen atoms in total. The Hall–Kier alpha value is -1.94. The lowest BCUT2D eigenvalue weighted by molar-refractivity contribution is 0.910. The molecule has 96 valence electrons. The highest BCUT2D eigenvalue weighted by molar-refractivity contribution is 6.29. The zero-order valence-electron chi connectivity index (χ0n) is 11.0. The number of aromatic nitrogens is 4. The van der Waals surface area contributed by atoms with Crippen LogP contribution in [0.25, 0.3) is 16.8 Å². The Morgan fingerprint density at radius 3 is 2.58 bits per heavy atom. The third kappa shape index (κ3) is 1.98. The van der Waals surface area contributed by atoms with Crippen LogP contribution in [0.4, 0.5) is 0 Å². The number of hydrogen-bond acceptors (Lipinski definition) is 3. The summed E-state index contributed by atoms with van der Waals surface area (Å²) in [5.41, 5.74) is 5.52. The van der Waals surface area contributed by atoms with Crippen LogP contribution in [0.5, 0.6) is 0 Å². The van der Waals surface area contributed by atoms with Gasteiger partial charge in [-0.15, -0.1) is 0 Å². The number of aryl methyl sites for hydroxylation is 3. The maximum atomic E-state index is 6.21. The van der Waals surface area contributed by atoms with Gasteiger partial charge in [0.2, 0.25) is 0 Å². The Bertz CT molecular complexity index is 759. The van der Waals surface area contributed by atoms with Crippen molar-refractivity contribution in [3.05, 3.63) is 46.6 Å². The van der Waals surface area contributed by atoms with Crippen molar-refractivity contribution >= 4 is 17.2 Å². The van der Waals surface area contributed by atoms with E-state index in [-0.39, 0.29) is 0 Å². The van der Waals surface area contributed by atoms with Crippen molar-refractivity contribution in [1.82, 2.24) is 19.6 Å². The number of pyridine rings is 1. The summed E-state index contributed by atoms with van der Waals surface area (Å²) in [5, 5.41) is 5.01. The number of halogens is 1.